The SMILES string of the molecule is CCN(CC)S(=O)(=O)c1cccc(S(=O)(=O)N2CCNC[C@@H]2C)c1. The van der Waals surface area contributed by atoms with E-state index in [2.05, 4.69) is 5.32 Å². The van der Waals surface area contributed by atoms with Crippen molar-refractivity contribution in [3.8, 4) is 0 Å². The Balaban J connectivity index is 2.43. The molecule has 1 fully saturated rings. The van der Waals surface area contributed by atoms with Crippen LogP contribution in [-0.2, 0) is 20.0 Å². The molecule has 1 aliphatic heterocycles. The molecule has 9 heteroatoms. The van der Waals surface area contributed by atoms with Crippen molar-refractivity contribution in [3.05, 3.63) is 24.3 Å². The van der Waals surface area contributed by atoms with Gasteiger partial charge in [-0.15, -0.1) is 0 Å². The van der Waals surface area contributed by atoms with E-state index in [1.807, 2.05) is 6.92 Å². The van der Waals surface area contributed by atoms with Gasteiger partial charge in [-0.3, -0.25) is 0 Å². The predicted molar refractivity (Wildman–Crippen MR) is 92.8 cm³/mol. The fourth-order valence-electron chi connectivity index (χ4n) is 2.82. The molecule has 0 bridgehead atoms. The molecule has 136 valence electrons. The molecule has 1 atom stereocenters. The average Bonchev–Trinajstić information content (AvgIpc) is 2.56. The molecule has 1 aromatic carbocycles. The van der Waals surface area contributed by atoms with Crippen LogP contribution in [0.5, 0.6) is 0 Å². The van der Waals surface area contributed by atoms with Crippen molar-refractivity contribution in [3.63, 3.8) is 0 Å². The molecule has 0 saturated carbocycles. The molecule has 24 heavy (non-hydrogen) atoms. The minimum atomic E-state index is -3.72. The number of rotatable bonds is 6. The minimum absolute atomic E-state index is 0.00932. The minimum Gasteiger partial charge on any atom is -0.314 e. The molecule has 1 saturated heterocycles. The number of hydrogen-bond donors (Lipinski definition) is 1. The highest BCUT2D eigenvalue weighted by atomic mass is 32.2. The van der Waals surface area contributed by atoms with Crippen LogP contribution in [-0.4, -0.2) is 64.2 Å². The average molecular weight is 376 g/mol. The summed E-state index contributed by atoms with van der Waals surface area (Å²) in [5, 5.41) is 3.15. The van der Waals surface area contributed by atoms with Crippen molar-refractivity contribution in [1.82, 2.24) is 13.9 Å². The fourth-order valence-corrected chi connectivity index (χ4v) is 6.08. The van der Waals surface area contributed by atoms with Crippen LogP contribution in [0.1, 0.15) is 20.8 Å². The molecule has 1 heterocycles. The van der Waals surface area contributed by atoms with Gasteiger partial charge in [-0.05, 0) is 25.1 Å². The summed E-state index contributed by atoms with van der Waals surface area (Å²) in [7, 11) is -7.41. The zero-order chi connectivity index (χ0) is 18.0. The quantitative estimate of drug-likeness (QED) is 0.791. The predicted octanol–water partition coefficient (Wildman–Crippen LogP) is 0.700. The molecule has 2 rings (SSSR count). The Hall–Kier alpha value is -1.00. The van der Waals surface area contributed by atoms with Gasteiger partial charge in [0.15, 0.2) is 0 Å². The summed E-state index contributed by atoms with van der Waals surface area (Å²) >= 11 is 0. The Labute approximate surface area is 144 Å². The van der Waals surface area contributed by atoms with E-state index in [9.17, 15) is 16.8 Å². The summed E-state index contributed by atoms with van der Waals surface area (Å²) in [5.41, 5.74) is 0. The van der Waals surface area contributed by atoms with E-state index >= 15 is 0 Å². The number of nitrogens with zero attached hydrogens (tertiary/aromatic N) is 2. The summed E-state index contributed by atoms with van der Waals surface area (Å²) < 4.78 is 53.7. The van der Waals surface area contributed by atoms with Gasteiger partial charge < -0.3 is 5.32 Å². The second-order valence-corrected chi connectivity index (χ2v) is 9.56. The van der Waals surface area contributed by atoms with E-state index in [1.165, 1.54) is 32.9 Å². The normalized spacial score (nSPS) is 20.4. The van der Waals surface area contributed by atoms with Crippen molar-refractivity contribution in [2.24, 2.45) is 0 Å². The maximum Gasteiger partial charge on any atom is 0.243 e. The van der Waals surface area contributed by atoms with Crippen molar-refractivity contribution in [1.29, 1.82) is 0 Å². The largest absolute Gasteiger partial charge is 0.314 e. The molecule has 7 nitrogen and oxygen atoms in total. The summed E-state index contributed by atoms with van der Waals surface area (Å²) in [4.78, 5) is 0.0274. The van der Waals surface area contributed by atoms with Gasteiger partial charge in [0.2, 0.25) is 20.0 Å². The van der Waals surface area contributed by atoms with Crippen molar-refractivity contribution in [2.75, 3.05) is 32.7 Å². The second kappa shape index (κ2) is 7.49. The molecule has 0 amide bonds. The van der Waals surface area contributed by atoms with Gasteiger partial charge in [-0.2, -0.15) is 8.61 Å². The molecule has 0 unspecified atom stereocenters. The topological polar surface area (TPSA) is 86.8 Å². The van der Waals surface area contributed by atoms with Gasteiger partial charge in [0.25, 0.3) is 0 Å². The molecule has 1 aliphatic rings. The van der Waals surface area contributed by atoms with Crippen LogP contribution in [0.25, 0.3) is 0 Å². The smallest absolute Gasteiger partial charge is 0.243 e. The lowest BCUT2D eigenvalue weighted by molar-refractivity contribution is 0.284. The molecule has 0 aromatic heterocycles. The highest BCUT2D eigenvalue weighted by Crippen LogP contribution is 2.23. The molecule has 0 radical (unpaired) electrons. The van der Waals surface area contributed by atoms with Gasteiger partial charge in [0, 0.05) is 38.8 Å². The summed E-state index contributed by atoms with van der Waals surface area (Å²) in [5.74, 6) is 0. The molecule has 1 N–H and O–H groups in total. The Kier molecular flexibility index (Phi) is 6.03. The van der Waals surface area contributed by atoms with Gasteiger partial charge in [-0.1, -0.05) is 19.9 Å². The Morgan fingerprint density at radius 3 is 2.38 bits per heavy atom. The van der Waals surface area contributed by atoms with Crippen LogP contribution in [0.2, 0.25) is 0 Å². The number of hydrogen-bond acceptors (Lipinski definition) is 5. The van der Waals surface area contributed by atoms with Gasteiger partial charge >= 0.3 is 0 Å². The van der Waals surface area contributed by atoms with Crippen LogP contribution in [0.15, 0.2) is 34.1 Å². The lowest BCUT2D eigenvalue weighted by Gasteiger charge is -2.33. The molecule has 1 aromatic rings. The van der Waals surface area contributed by atoms with E-state index in [1.54, 1.807) is 13.8 Å². The lowest BCUT2D eigenvalue weighted by Crippen LogP contribution is -2.52. The fraction of sp³-hybridized carbons (Fsp3) is 0.600. The number of sulfonamides is 2. The third-order valence-corrected chi connectivity index (χ3v) is 8.25. The van der Waals surface area contributed by atoms with Crippen molar-refractivity contribution >= 4 is 20.0 Å². The first-order valence-electron chi connectivity index (χ1n) is 8.08. The number of nitrogens with one attached hydrogen (secondary N) is 1. The van der Waals surface area contributed by atoms with E-state index < -0.39 is 20.0 Å². The first-order chi connectivity index (χ1) is 11.2. The summed E-state index contributed by atoms with van der Waals surface area (Å²) in [6, 6.07) is 5.46. The first-order valence-corrected chi connectivity index (χ1v) is 11.0. The van der Waals surface area contributed by atoms with Crippen LogP contribution in [0.3, 0.4) is 0 Å². The van der Waals surface area contributed by atoms with Crippen molar-refractivity contribution < 1.29 is 16.8 Å². The van der Waals surface area contributed by atoms with E-state index in [0.29, 0.717) is 32.7 Å². The maximum absolute atomic E-state index is 12.9. The first kappa shape index (κ1) is 19.3. The third-order valence-electron chi connectivity index (χ3n) is 4.20. The van der Waals surface area contributed by atoms with Gasteiger partial charge in [0.1, 0.15) is 0 Å². The standard InChI is InChI=1S/C15H25N3O4S2/c1-4-17(5-2)23(19,20)14-7-6-8-15(11-14)24(21,22)18-10-9-16-12-13(18)3/h6-8,11,13,16H,4-5,9-10,12H2,1-3H3/t13-/m0/s1. The van der Waals surface area contributed by atoms with Gasteiger partial charge in [0.05, 0.1) is 9.79 Å². The molecular weight excluding hydrogens is 350 g/mol. The van der Waals surface area contributed by atoms with Crippen molar-refractivity contribution in [2.45, 2.75) is 36.6 Å². The van der Waals surface area contributed by atoms with E-state index in [0.717, 1.165) is 0 Å². The van der Waals surface area contributed by atoms with E-state index in [-0.39, 0.29) is 15.8 Å². The highest BCUT2D eigenvalue weighted by Gasteiger charge is 2.32. The van der Waals surface area contributed by atoms with Crippen LogP contribution in [0, 0.1) is 0 Å². The Morgan fingerprint density at radius 2 is 1.79 bits per heavy atom. The Bertz CT molecular complexity index is 774. The number of benzene rings is 1. The maximum atomic E-state index is 12.9. The number of piperazine rings is 1. The molecular formula is C15H25N3O4S2. The summed E-state index contributed by atoms with van der Waals surface area (Å²) in [6.45, 7) is 7.55. The molecule has 0 aliphatic carbocycles. The zero-order valence-corrected chi connectivity index (χ0v) is 15.9. The van der Waals surface area contributed by atoms with Crippen LogP contribution in [0.4, 0.5) is 0 Å². The third kappa shape index (κ3) is 3.65. The van der Waals surface area contributed by atoms with Crippen LogP contribution >= 0.6 is 0 Å². The van der Waals surface area contributed by atoms with E-state index in [4.69, 9.17) is 0 Å². The zero-order valence-electron chi connectivity index (χ0n) is 14.3. The summed E-state index contributed by atoms with van der Waals surface area (Å²) in [6.07, 6.45) is 0. The lowest BCUT2D eigenvalue weighted by atomic mass is 10.3. The monoisotopic (exact) mass is 375 g/mol. The second-order valence-electron chi connectivity index (χ2n) is 5.73. The Morgan fingerprint density at radius 1 is 1.17 bits per heavy atom. The molecule has 0 spiro atoms. The van der Waals surface area contributed by atoms with Gasteiger partial charge in [-0.25, -0.2) is 16.8 Å². The van der Waals surface area contributed by atoms with Crippen LogP contribution < -0.4 is 5.32 Å². The highest BCUT2D eigenvalue weighted by molar-refractivity contribution is 7.90.